The SMILES string of the molecule is CCNC(=O)N(Cc1cccc(OS(C)(=O)=O)c1)C(C)CC. The smallest absolute Gasteiger partial charge is 0.317 e. The minimum Gasteiger partial charge on any atom is -0.383 e. The van der Waals surface area contributed by atoms with Gasteiger partial charge in [0.2, 0.25) is 0 Å². The van der Waals surface area contributed by atoms with E-state index in [0.717, 1.165) is 18.2 Å². The Bertz CT molecular complexity index is 601. The maximum absolute atomic E-state index is 12.1. The zero-order chi connectivity index (χ0) is 16.8. The Balaban J connectivity index is 2.93. The van der Waals surface area contributed by atoms with E-state index < -0.39 is 10.1 Å². The standard InChI is InChI=1S/C15H24N2O4S/c1-5-12(3)17(15(18)16-6-2)11-13-8-7-9-14(10-13)21-22(4,19)20/h7-10,12H,5-6,11H2,1-4H3,(H,16,18). The summed E-state index contributed by atoms with van der Waals surface area (Å²) in [6, 6.07) is 6.70. The van der Waals surface area contributed by atoms with Gasteiger partial charge in [-0.2, -0.15) is 8.42 Å². The Labute approximate surface area is 132 Å². The van der Waals surface area contributed by atoms with Crippen LogP contribution in [-0.2, 0) is 16.7 Å². The Hall–Kier alpha value is -1.76. The normalized spacial score (nSPS) is 12.5. The van der Waals surface area contributed by atoms with Gasteiger partial charge in [-0.1, -0.05) is 19.1 Å². The van der Waals surface area contributed by atoms with Crippen LogP contribution in [0.4, 0.5) is 4.79 Å². The van der Waals surface area contributed by atoms with Crippen molar-refractivity contribution < 1.29 is 17.4 Å². The minimum atomic E-state index is -3.56. The van der Waals surface area contributed by atoms with E-state index >= 15 is 0 Å². The Kier molecular flexibility index (Phi) is 6.67. The molecule has 0 aromatic heterocycles. The van der Waals surface area contributed by atoms with Crippen LogP contribution in [0.3, 0.4) is 0 Å². The topological polar surface area (TPSA) is 75.7 Å². The zero-order valence-corrected chi connectivity index (χ0v) is 14.3. The van der Waals surface area contributed by atoms with Crippen LogP contribution in [0, 0.1) is 0 Å². The first-order chi connectivity index (χ1) is 10.3. The van der Waals surface area contributed by atoms with Crippen molar-refractivity contribution in [3.05, 3.63) is 29.8 Å². The van der Waals surface area contributed by atoms with E-state index in [2.05, 4.69) is 5.32 Å². The van der Waals surface area contributed by atoms with Gasteiger partial charge in [-0.05, 0) is 38.0 Å². The first-order valence-corrected chi connectivity index (χ1v) is 9.11. The third-order valence-corrected chi connectivity index (χ3v) is 3.71. The van der Waals surface area contributed by atoms with Crippen molar-refractivity contribution in [2.24, 2.45) is 0 Å². The molecule has 1 aromatic rings. The fourth-order valence-electron chi connectivity index (χ4n) is 1.97. The van der Waals surface area contributed by atoms with Gasteiger partial charge in [-0.25, -0.2) is 4.79 Å². The van der Waals surface area contributed by atoms with Crippen molar-refractivity contribution >= 4 is 16.1 Å². The van der Waals surface area contributed by atoms with E-state index in [1.54, 1.807) is 23.1 Å². The van der Waals surface area contributed by atoms with Crippen molar-refractivity contribution in [1.82, 2.24) is 10.2 Å². The molecule has 0 saturated carbocycles. The maximum Gasteiger partial charge on any atom is 0.317 e. The quantitative estimate of drug-likeness (QED) is 0.780. The summed E-state index contributed by atoms with van der Waals surface area (Å²) in [6.45, 7) is 6.81. The number of nitrogens with one attached hydrogen (secondary N) is 1. The summed E-state index contributed by atoms with van der Waals surface area (Å²) in [7, 11) is -3.56. The fourth-order valence-corrected chi connectivity index (χ4v) is 2.42. The Morgan fingerprint density at radius 2 is 2.05 bits per heavy atom. The molecular formula is C15H24N2O4S. The predicted octanol–water partition coefficient (Wildman–Crippen LogP) is 2.36. The highest BCUT2D eigenvalue weighted by atomic mass is 32.2. The lowest BCUT2D eigenvalue weighted by Gasteiger charge is -2.28. The van der Waals surface area contributed by atoms with E-state index in [1.807, 2.05) is 26.8 Å². The van der Waals surface area contributed by atoms with Crippen molar-refractivity contribution in [1.29, 1.82) is 0 Å². The number of benzene rings is 1. The van der Waals surface area contributed by atoms with E-state index in [0.29, 0.717) is 13.1 Å². The molecule has 1 N–H and O–H groups in total. The molecule has 1 unspecified atom stereocenters. The van der Waals surface area contributed by atoms with Gasteiger partial charge in [-0.15, -0.1) is 0 Å². The second-order valence-corrected chi connectivity index (χ2v) is 6.73. The average Bonchev–Trinajstić information content (AvgIpc) is 2.42. The summed E-state index contributed by atoms with van der Waals surface area (Å²) in [4.78, 5) is 13.9. The van der Waals surface area contributed by atoms with Gasteiger partial charge < -0.3 is 14.4 Å². The molecule has 0 radical (unpaired) electrons. The Morgan fingerprint density at radius 1 is 1.36 bits per heavy atom. The van der Waals surface area contributed by atoms with Gasteiger partial charge in [0, 0.05) is 19.1 Å². The van der Waals surface area contributed by atoms with Crippen LogP contribution >= 0.6 is 0 Å². The third kappa shape index (κ3) is 5.93. The Morgan fingerprint density at radius 3 is 2.59 bits per heavy atom. The molecule has 1 aromatic carbocycles. The molecule has 22 heavy (non-hydrogen) atoms. The molecule has 0 spiro atoms. The van der Waals surface area contributed by atoms with Crippen molar-refractivity contribution in [2.45, 2.75) is 39.8 Å². The lowest BCUT2D eigenvalue weighted by Crippen LogP contribution is -2.44. The summed E-state index contributed by atoms with van der Waals surface area (Å²) in [5.41, 5.74) is 0.813. The summed E-state index contributed by atoms with van der Waals surface area (Å²) in [6.07, 6.45) is 1.83. The van der Waals surface area contributed by atoms with E-state index in [9.17, 15) is 13.2 Å². The molecule has 124 valence electrons. The van der Waals surface area contributed by atoms with Gasteiger partial charge >= 0.3 is 16.1 Å². The van der Waals surface area contributed by atoms with E-state index in [-0.39, 0.29) is 17.8 Å². The van der Waals surface area contributed by atoms with Crippen LogP contribution in [0.15, 0.2) is 24.3 Å². The molecule has 7 heteroatoms. The van der Waals surface area contributed by atoms with Gasteiger partial charge in [0.15, 0.2) is 0 Å². The number of hydrogen-bond acceptors (Lipinski definition) is 4. The first kappa shape index (κ1) is 18.3. The van der Waals surface area contributed by atoms with Crippen LogP contribution < -0.4 is 9.50 Å². The van der Waals surface area contributed by atoms with Crippen LogP contribution in [0.1, 0.15) is 32.8 Å². The number of carbonyl (C=O) groups is 1. The van der Waals surface area contributed by atoms with E-state index in [4.69, 9.17) is 4.18 Å². The van der Waals surface area contributed by atoms with Crippen molar-refractivity contribution in [2.75, 3.05) is 12.8 Å². The summed E-state index contributed by atoms with van der Waals surface area (Å²) in [5, 5.41) is 2.79. The first-order valence-electron chi connectivity index (χ1n) is 7.29. The number of nitrogens with zero attached hydrogens (tertiary/aromatic N) is 1. The van der Waals surface area contributed by atoms with Gasteiger partial charge in [0.1, 0.15) is 5.75 Å². The highest BCUT2D eigenvalue weighted by Gasteiger charge is 2.19. The lowest BCUT2D eigenvalue weighted by molar-refractivity contribution is 0.174. The third-order valence-electron chi connectivity index (χ3n) is 3.21. The number of carbonyl (C=O) groups excluding carboxylic acids is 1. The van der Waals surface area contributed by atoms with Gasteiger partial charge in [-0.3, -0.25) is 0 Å². The lowest BCUT2D eigenvalue weighted by atomic mass is 10.1. The van der Waals surface area contributed by atoms with Crippen molar-refractivity contribution in [3.8, 4) is 5.75 Å². The average molecular weight is 328 g/mol. The summed E-state index contributed by atoms with van der Waals surface area (Å²) in [5.74, 6) is 0.250. The molecular weight excluding hydrogens is 304 g/mol. The molecule has 1 rings (SSSR count). The maximum atomic E-state index is 12.1. The molecule has 0 heterocycles. The second kappa shape index (κ2) is 8.03. The molecule has 6 nitrogen and oxygen atoms in total. The molecule has 0 aliphatic rings. The van der Waals surface area contributed by atoms with Gasteiger partial charge in [0.25, 0.3) is 0 Å². The molecule has 0 aliphatic heterocycles. The van der Waals surface area contributed by atoms with Gasteiger partial charge in [0.05, 0.1) is 6.26 Å². The highest BCUT2D eigenvalue weighted by Crippen LogP contribution is 2.18. The molecule has 0 aliphatic carbocycles. The fraction of sp³-hybridized carbons (Fsp3) is 0.533. The number of amides is 2. The molecule has 0 bridgehead atoms. The predicted molar refractivity (Wildman–Crippen MR) is 86.3 cm³/mol. The summed E-state index contributed by atoms with van der Waals surface area (Å²) < 4.78 is 27.2. The molecule has 1 atom stereocenters. The minimum absolute atomic E-state index is 0.0750. The molecule has 0 fully saturated rings. The summed E-state index contributed by atoms with van der Waals surface area (Å²) >= 11 is 0. The zero-order valence-electron chi connectivity index (χ0n) is 13.5. The van der Waals surface area contributed by atoms with Crippen LogP contribution in [0.5, 0.6) is 5.75 Å². The second-order valence-electron chi connectivity index (χ2n) is 5.16. The highest BCUT2D eigenvalue weighted by molar-refractivity contribution is 7.86. The largest absolute Gasteiger partial charge is 0.383 e. The van der Waals surface area contributed by atoms with Crippen LogP contribution in [-0.4, -0.2) is 38.2 Å². The molecule has 0 saturated heterocycles. The monoisotopic (exact) mass is 328 g/mol. The van der Waals surface area contributed by atoms with Crippen molar-refractivity contribution in [3.63, 3.8) is 0 Å². The number of rotatable bonds is 7. The molecule has 2 amide bonds. The number of hydrogen-bond donors (Lipinski definition) is 1. The van der Waals surface area contributed by atoms with Crippen LogP contribution in [0.25, 0.3) is 0 Å². The number of urea groups is 1. The van der Waals surface area contributed by atoms with E-state index in [1.165, 1.54) is 0 Å². The van der Waals surface area contributed by atoms with Crippen LogP contribution in [0.2, 0.25) is 0 Å².